The molecule has 94 valence electrons. The third-order valence-electron chi connectivity index (χ3n) is 2.53. The van der Waals surface area contributed by atoms with Gasteiger partial charge in [0.25, 0.3) is 0 Å². The molecular formula is C12H17NO3S. The van der Waals surface area contributed by atoms with Crippen LogP contribution >= 0.6 is 11.3 Å². The van der Waals surface area contributed by atoms with Crippen molar-refractivity contribution in [1.82, 2.24) is 0 Å². The van der Waals surface area contributed by atoms with E-state index in [1.54, 1.807) is 0 Å². The van der Waals surface area contributed by atoms with Gasteiger partial charge in [-0.3, -0.25) is 10.1 Å². The largest absolute Gasteiger partial charge is 0.396 e. The minimum Gasteiger partial charge on any atom is -0.396 e. The number of nitrogens with zero attached hydrogens (tertiary/aromatic N) is 1. The number of thiophene rings is 1. The predicted molar refractivity (Wildman–Crippen MR) is 68.9 cm³/mol. The van der Waals surface area contributed by atoms with E-state index in [2.05, 4.69) is 0 Å². The Balaban J connectivity index is 2.96. The van der Waals surface area contributed by atoms with Crippen molar-refractivity contribution >= 4 is 11.3 Å². The van der Waals surface area contributed by atoms with Gasteiger partial charge in [0.1, 0.15) is 0 Å². The van der Waals surface area contributed by atoms with Gasteiger partial charge in [0, 0.05) is 15.7 Å². The number of aliphatic hydroxyl groups excluding tert-OH is 1. The van der Waals surface area contributed by atoms with Gasteiger partial charge in [-0.2, -0.15) is 0 Å². The predicted octanol–water partition coefficient (Wildman–Crippen LogP) is 2.68. The molecule has 1 aromatic heterocycles. The van der Waals surface area contributed by atoms with Crippen molar-refractivity contribution < 1.29 is 10.0 Å². The maximum absolute atomic E-state index is 10.7. The van der Waals surface area contributed by atoms with Crippen molar-refractivity contribution in [2.24, 2.45) is 5.92 Å². The summed E-state index contributed by atoms with van der Waals surface area (Å²) in [6.07, 6.45) is 1.91. The fourth-order valence-electron chi connectivity index (χ4n) is 1.82. The molecule has 1 heterocycles. The van der Waals surface area contributed by atoms with Gasteiger partial charge in [0.15, 0.2) is 0 Å². The van der Waals surface area contributed by atoms with Crippen LogP contribution in [0.5, 0.6) is 0 Å². The summed E-state index contributed by atoms with van der Waals surface area (Å²) >= 11 is 1.50. The number of aliphatic hydroxyl groups is 1. The van der Waals surface area contributed by atoms with Crippen molar-refractivity contribution in [2.45, 2.75) is 19.8 Å². The number of hydrogen-bond acceptors (Lipinski definition) is 4. The summed E-state index contributed by atoms with van der Waals surface area (Å²) in [6.45, 7) is 3.65. The molecular weight excluding hydrogens is 238 g/mol. The van der Waals surface area contributed by atoms with Gasteiger partial charge < -0.3 is 5.11 Å². The van der Waals surface area contributed by atoms with Crippen molar-refractivity contribution in [3.63, 3.8) is 0 Å². The van der Waals surface area contributed by atoms with Crippen LogP contribution in [0.25, 0.3) is 0 Å². The van der Waals surface area contributed by atoms with E-state index in [0.717, 1.165) is 10.5 Å². The lowest BCUT2D eigenvalue weighted by atomic mass is 9.90. The number of allylic oxidation sites excluding steroid dienone is 1. The summed E-state index contributed by atoms with van der Waals surface area (Å²) in [7, 11) is 0. The van der Waals surface area contributed by atoms with Gasteiger partial charge in [-0.25, -0.2) is 0 Å². The molecule has 1 N–H and O–H groups in total. The first-order valence-corrected chi connectivity index (χ1v) is 6.33. The Bertz CT molecular complexity index is 382. The Morgan fingerprint density at radius 2 is 2.35 bits per heavy atom. The van der Waals surface area contributed by atoms with Crippen molar-refractivity contribution in [3.05, 3.63) is 44.2 Å². The van der Waals surface area contributed by atoms with Crippen LogP contribution in [0.4, 0.5) is 0 Å². The van der Waals surface area contributed by atoms with Crippen molar-refractivity contribution in [2.75, 3.05) is 13.2 Å². The summed E-state index contributed by atoms with van der Waals surface area (Å²) < 4.78 is 0. The minimum absolute atomic E-state index is 0.0679. The quantitative estimate of drug-likeness (QED) is 0.483. The summed E-state index contributed by atoms with van der Waals surface area (Å²) in [6, 6.07) is 3.77. The zero-order valence-corrected chi connectivity index (χ0v) is 10.8. The van der Waals surface area contributed by atoms with Crippen LogP contribution < -0.4 is 0 Å². The minimum atomic E-state index is -0.314. The summed E-state index contributed by atoms with van der Waals surface area (Å²) in [5, 5.41) is 22.0. The molecule has 0 radical (unpaired) electrons. The van der Waals surface area contributed by atoms with E-state index in [9.17, 15) is 15.2 Å². The molecule has 0 saturated heterocycles. The van der Waals surface area contributed by atoms with E-state index in [1.165, 1.54) is 11.3 Å². The first-order valence-electron chi connectivity index (χ1n) is 5.45. The highest BCUT2D eigenvalue weighted by Crippen LogP contribution is 2.30. The fourth-order valence-corrected chi connectivity index (χ4v) is 2.72. The SMILES string of the molecule is CC(C)=C[C@@H](CO)[C@@H](C[N+](=O)[O-])c1cccs1. The van der Waals surface area contributed by atoms with E-state index in [0.29, 0.717) is 0 Å². The lowest BCUT2D eigenvalue weighted by molar-refractivity contribution is -0.484. The van der Waals surface area contributed by atoms with E-state index in [-0.39, 0.29) is 29.9 Å². The molecule has 5 heteroatoms. The van der Waals surface area contributed by atoms with Crippen molar-refractivity contribution in [1.29, 1.82) is 0 Å². The van der Waals surface area contributed by atoms with Gasteiger partial charge in [0.05, 0.1) is 12.5 Å². The van der Waals surface area contributed by atoms with Crippen LogP contribution in [0.1, 0.15) is 24.6 Å². The molecule has 0 aliphatic heterocycles. The molecule has 17 heavy (non-hydrogen) atoms. The zero-order chi connectivity index (χ0) is 12.8. The topological polar surface area (TPSA) is 63.4 Å². The molecule has 0 aliphatic rings. The van der Waals surface area contributed by atoms with Crippen LogP contribution in [0.2, 0.25) is 0 Å². The smallest absolute Gasteiger partial charge is 0.212 e. The summed E-state index contributed by atoms with van der Waals surface area (Å²) in [4.78, 5) is 11.4. The second-order valence-electron chi connectivity index (χ2n) is 4.23. The average Bonchev–Trinajstić information content (AvgIpc) is 2.75. The lowest BCUT2D eigenvalue weighted by Gasteiger charge is -2.19. The maximum atomic E-state index is 10.7. The molecule has 1 aromatic rings. The third-order valence-corrected chi connectivity index (χ3v) is 3.53. The molecule has 0 amide bonds. The molecule has 0 aromatic carbocycles. The van der Waals surface area contributed by atoms with Crippen LogP contribution in [0, 0.1) is 16.0 Å². The molecule has 0 fully saturated rings. The van der Waals surface area contributed by atoms with Crippen molar-refractivity contribution in [3.8, 4) is 0 Å². The Kier molecular flexibility index (Phi) is 5.31. The Hall–Kier alpha value is -1.20. The molecule has 2 atom stereocenters. The Morgan fingerprint density at radius 1 is 1.65 bits per heavy atom. The van der Waals surface area contributed by atoms with Gasteiger partial charge in [-0.15, -0.1) is 11.3 Å². The lowest BCUT2D eigenvalue weighted by Crippen LogP contribution is -2.22. The monoisotopic (exact) mass is 255 g/mol. The van der Waals surface area contributed by atoms with Gasteiger partial charge in [-0.05, 0) is 25.3 Å². The van der Waals surface area contributed by atoms with Gasteiger partial charge in [-0.1, -0.05) is 17.7 Å². The summed E-state index contributed by atoms with van der Waals surface area (Å²) in [5.41, 5.74) is 1.06. The highest BCUT2D eigenvalue weighted by atomic mass is 32.1. The molecule has 0 bridgehead atoms. The second kappa shape index (κ2) is 6.51. The molecule has 1 rings (SSSR count). The van der Waals surface area contributed by atoms with Gasteiger partial charge in [0.2, 0.25) is 6.54 Å². The van der Waals surface area contributed by atoms with Crippen LogP contribution in [-0.4, -0.2) is 23.2 Å². The fraction of sp³-hybridized carbons (Fsp3) is 0.500. The number of nitro groups is 1. The molecule has 0 unspecified atom stereocenters. The third kappa shape index (κ3) is 4.28. The normalized spacial score (nSPS) is 14.1. The highest BCUT2D eigenvalue weighted by molar-refractivity contribution is 7.10. The molecule has 0 saturated carbocycles. The van der Waals surface area contributed by atoms with Crippen LogP contribution in [0.15, 0.2) is 29.2 Å². The number of rotatable bonds is 6. The standard InChI is InChI=1S/C12H17NO3S/c1-9(2)6-10(8-14)11(7-13(15)16)12-4-3-5-17-12/h3-6,10-11,14H,7-8H2,1-2H3/t10-,11+/m0/s1. The van der Waals surface area contributed by atoms with E-state index < -0.39 is 0 Å². The van der Waals surface area contributed by atoms with E-state index in [1.807, 2.05) is 37.4 Å². The number of hydrogen-bond donors (Lipinski definition) is 1. The molecule has 4 nitrogen and oxygen atoms in total. The molecule has 0 spiro atoms. The maximum Gasteiger partial charge on any atom is 0.212 e. The summed E-state index contributed by atoms with van der Waals surface area (Å²) in [5.74, 6) is -0.436. The molecule has 0 aliphatic carbocycles. The average molecular weight is 255 g/mol. The Labute approximate surface area is 105 Å². The first kappa shape index (κ1) is 13.9. The van der Waals surface area contributed by atoms with Gasteiger partial charge >= 0.3 is 0 Å². The van der Waals surface area contributed by atoms with E-state index in [4.69, 9.17) is 0 Å². The first-order chi connectivity index (χ1) is 8.04. The zero-order valence-electron chi connectivity index (χ0n) is 10.00. The second-order valence-corrected chi connectivity index (χ2v) is 5.21. The van der Waals surface area contributed by atoms with E-state index >= 15 is 0 Å². The van der Waals surface area contributed by atoms with Crippen LogP contribution in [0.3, 0.4) is 0 Å². The van der Waals surface area contributed by atoms with Crippen LogP contribution in [-0.2, 0) is 0 Å². The highest BCUT2D eigenvalue weighted by Gasteiger charge is 2.26. The Morgan fingerprint density at radius 3 is 2.76 bits per heavy atom.